The first-order valence-electron chi connectivity index (χ1n) is 7.76. The van der Waals surface area contributed by atoms with Crippen molar-refractivity contribution in [1.82, 2.24) is 10.2 Å². The predicted molar refractivity (Wildman–Crippen MR) is 82.7 cm³/mol. The number of carbonyl (C=O) groups excluding carboxylic acids is 1. The normalized spacial score (nSPS) is 24.4. The Balaban J connectivity index is 2.12. The third kappa shape index (κ3) is 3.21. The number of nitrogens with one attached hydrogen (secondary N) is 1. The molecule has 1 aromatic carbocycles. The molecule has 0 radical (unpaired) electrons. The van der Waals surface area contributed by atoms with Crippen LogP contribution in [0.15, 0.2) is 30.3 Å². The van der Waals surface area contributed by atoms with Gasteiger partial charge in [0.15, 0.2) is 0 Å². The van der Waals surface area contributed by atoms with E-state index < -0.39 is 0 Å². The van der Waals surface area contributed by atoms with Crippen molar-refractivity contribution in [3.8, 4) is 0 Å². The fourth-order valence-electron chi connectivity index (χ4n) is 2.91. The molecule has 1 aliphatic heterocycles. The zero-order valence-corrected chi connectivity index (χ0v) is 12.8. The Kier molecular flexibility index (Phi) is 5.18. The minimum Gasteiger partial charge on any atom is -0.336 e. The molecule has 1 amide bonds. The van der Waals surface area contributed by atoms with Gasteiger partial charge in [-0.2, -0.15) is 0 Å². The van der Waals surface area contributed by atoms with E-state index >= 15 is 0 Å². The van der Waals surface area contributed by atoms with Crippen molar-refractivity contribution in [3.63, 3.8) is 0 Å². The summed E-state index contributed by atoms with van der Waals surface area (Å²) in [5, 5.41) is 3.54. The highest BCUT2D eigenvalue weighted by Crippen LogP contribution is 2.22. The van der Waals surface area contributed by atoms with Crippen LogP contribution >= 0.6 is 0 Å². The van der Waals surface area contributed by atoms with Crippen LogP contribution in [0.1, 0.15) is 45.1 Å². The van der Waals surface area contributed by atoms with Crippen molar-refractivity contribution in [2.24, 2.45) is 0 Å². The number of nitrogens with zero attached hydrogens (tertiary/aromatic N) is 1. The Morgan fingerprint density at radius 2 is 2.00 bits per heavy atom. The maximum Gasteiger partial charge on any atom is 0.230 e. The summed E-state index contributed by atoms with van der Waals surface area (Å²) in [4.78, 5) is 14.9. The van der Waals surface area contributed by atoms with Gasteiger partial charge in [-0.15, -0.1) is 0 Å². The zero-order chi connectivity index (χ0) is 14.5. The molecule has 1 heterocycles. The van der Waals surface area contributed by atoms with E-state index in [0.29, 0.717) is 12.1 Å². The average molecular weight is 274 g/mol. The molecule has 1 fully saturated rings. The molecule has 0 bridgehead atoms. The van der Waals surface area contributed by atoms with Crippen LogP contribution in [0.4, 0.5) is 0 Å². The van der Waals surface area contributed by atoms with E-state index in [-0.39, 0.29) is 11.8 Å². The quantitative estimate of drug-likeness (QED) is 0.915. The van der Waals surface area contributed by atoms with Gasteiger partial charge < -0.3 is 10.2 Å². The minimum absolute atomic E-state index is 0.0548. The van der Waals surface area contributed by atoms with Gasteiger partial charge in [0, 0.05) is 25.2 Å². The van der Waals surface area contributed by atoms with Crippen LogP contribution < -0.4 is 5.32 Å². The maximum absolute atomic E-state index is 12.8. The fraction of sp³-hybridized carbons (Fsp3) is 0.588. The molecule has 3 heteroatoms. The summed E-state index contributed by atoms with van der Waals surface area (Å²) in [7, 11) is 0. The van der Waals surface area contributed by atoms with E-state index in [0.717, 1.165) is 31.5 Å². The first kappa shape index (κ1) is 15.0. The van der Waals surface area contributed by atoms with E-state index in [1.807, 2.05) is 37.3 Å². The Labute approximate surface area is 122 Å². The van der Waals surface area contributed by atoms with Crippen molar-refractivity contribution >= 4 is 5.91 Å². The lowest BCUT2D eigenvalue weighted by Crippen LogP contribution is -2.58. The van der Waals surface area contributed by atoms with Crippen LogP contribution in [0.2, 0.25) is 0 Å². The van der Waals surface area contributed by atoms with Crippen LogP contribution in [0.3, 0.4) is 0 Å². The largest absolute Gasteiger partial charge is 0.336 e. The molecule has 3 atom stereocenters. The van der Waals surface area contributed by atoms with Crippen molar-refractivity contribution < 1.29 is 4.79 Å². The molecule has 1 aliphatic rings. The first-order valence-corrected chi connectivity index (χ1v) is 7.76. The van der Waals surface area contributed by atoms with Gasteiger partial charge in [-0.3, -0.25) is 4.79 Å². The highest BCUT2D eigenvalue weighted by molar-refractivity contribution is 5.83. The molecule has 0 saturated carbocycles. The second-order valence-corrected chi connectivity index (χ2v) is 5.70. The molecule has 3 nitrogen and oxygen atoms in total. The molecule has 0 spiro atoms. The van der Waals surface area contributed by atoms with Gasteiger partial charge in [-0.25, -0.2) is 0 Å². The van der Waals surface area contributed by atoms with Gasteiger partial charge >= 0.3 is 0 Å². The molecular weight excluding hydrogens is 248 g/mol. The summed E-state index contributed by atoms with van der Waals surface area (Å²) in [6, 6.07) is 10.9. The number of hydrogen-bond acceptors (Lipinski definition) is 2. The second kappa shape index (κ2) is 6.89. The molecule has 1 saturated heterocycles. The van der Waals surface area contributed by atoms with E-state index in [4.69, 9.17) is 0 Å². The molecule has 1 aromatic rings. The maximum atomic E-state index is 12.8. The number of hydrogen-bond donors (Lipinski definition) is 1. The Hall–Kier alpha value is -1.35. The van der Waals surface area contributed by atoms with E-state index in [9.17, 15) is 4.79 Å². The molecule has 0 aliphatic carbocycles. The average Bonchev–Trinajstić information content (AvgIpc) is 2.53. The SMILES string of the molecule is CCC1CN(C(=O)C(C)c2ccccc2)C(CC)CN1. The van der Waals surface area contributed by atoms with E-state index in [1.54, 1.807) is 0 Å². The van der Waals surface area contributed by atoms with Crippen LogP contribution in [0, 0.1) is 0 Å². The fourth-order valence-corrected chi connectivity index (χ4v) is 2.91. The third-order valence-electron chi connectivity index (χ3n) is 4.42. The first-order chi connectivity index (χ1) is 9.67. The van der Waals surface area contributed by atoms with Crippen molar-refractivity contribution in [2.45, 2.75) is 51.6 Å². The van der Waals surface area contributed by atoms with Gasteiger partial charge in [0.2, 0.25) is 5.91 Å². The Morgan fingerprint density at radius 1 is 1.30 bits per heavy atom. The summed E-state index contributed by atoms with van der Waals surface area (Å²) >= 11 is 0. The van der Waals surface area contributed by atoms with Crippen molar-refractivity contribution in [3.05, 3.63) is 35.9 Å². The summed E-state index contributed by atoms with van der Waals surface area (Å²) in [6.07, 6.45) is 2.08. The number of rotatable bonds is 4. The molecule has 1 N–H and O–H groups in total. The monoisotopic (exact) mass is 274 g/mol. The van der Waals surface area contributed by atoms with Crippen LogP contribution in [0.5, 0.6) is 0 Å². The van der Waals surface area contributed by atoms with Crippen LogP contribution in [-0.4, -0.2) is 36.0 Å². The van der Waals surface area contributed by atoms with Gasteiger partial charge in [0.1, 0.15) is 0 Å². The molecule has 2 rings (SSSR count). The van der Waals surface area contributed by atoms with Gasteiger partial charge in [-0.05, 0) is 25.3 Å². The predicted octanol–water partition coefficient (Wildman–Crippen LogP) is 2.78. The van der Waals surface area contributed by atoms with Gasteiger partial charge in [-0.1, -0.05) is 44.2 Å². The Bertz CT molecular complexity index is 432. The molecule has 20 heavy (non-hydrogen) atoms. The van der Waals surface area contributed by atoms with Gasteiger partial charge in [0.25, 0.3) is 0 Å². The third-order valence-corrected chi connectivity index (χ3v) is 4.42. The number of benzene rings is 1. The van der Waals surface area contributed by atoms with E-state index in [1.165, 1.54) is 0 Å². The van der Waals surface area contributed by atoms with Crippen molar-refractivity contribution in [2.75, 3.05) is 13.1 Å². The lowest BCUT2D eigenvalue weighted by Gasteiger charge is -2.41. The highest BCUT2D eigenvalue weighted by Gasteiger charge is 2.32. The summed E-state index contributed by atoms with van der Waals surface area (Å²) in [6.45, 7) is 8.11. The molecule has 0 aromatic heterocycles. The summed E-state index contributed by atoms with van der Waals surface area (Å²) in [5.41, 5.74) is 1.11. The number of amides is 1. The zero-order valence-electron chi connectivity index (χ0n) is 12.8. The summed E-state index contributed by atoms with van der Waals surface area (Å²) in [5.74, 6) is 0.212. The Morgan fingerprint density at radius 3 is 2.60 bits per heavy atom. The number of piperazine rings is 1. The topological polar surface area (TPSA) is 32.3 Å². The van der Waals surface area contributed by atoms with E-state index in [2.05, 4.69) is 24.1 Å². The second-order valence-electron chi connectivity index (χ2n) is 5.70. The lowest BCUT2D eigenvalue weighted by atomic mass is 9.96. The van der Waals surface area contributed by atoms with Crippen LogP contribution in [0.25, 0.3) is 0 Å². The van der Waals surface area contributed by atoms with Crippen LogP contribution in [-0.2, 0) is 4.79 Å². The minimum atomic E-state index is -0.0548. The molecule has 110 valence electrons. The standard InChI is InChI=1S/C17H26N2O/c1-4-15-12-19(16(5-2)11-18-15)17(20)13(3)14-9-7-6-8-10-14/h6-10,13,15-16,18H,4-5,11-12H2,1-3H3. The van der Waals surface area contributed by atoms with Crippen molar-refractivity contribution in [1.29, 1.82) is 0 Å². The van der Waals surface area contributed by atoms with Gasteiger partial charge in [0.05, 0.1) is 5.92 Å². The lowest BCUT2D eigenvalue weighted by molar-refractivity contribution is -0.136. The molecular formula is C17H26N2O. The number of carbonyl (C=O) groups is 1. The smallest absolute Gasteiger partial charge is 0.230 e. The summed E-state index contributed by atoms with van der Waals surface area (Å²) < 4.78 is 0. The molecule has 3 unspecified atom stereocenters. The highest BCUT2D eigenvalue weighted by atomic mass is 16.2.